The molecule has 0 atom stereocenters. The van der Waals surface area contributed by atoms with E-state index in [9.17, 15) is 13.6 Å². The van der Waals surface area contributed by atoms with Gasteiger partial charge in [-0.2, -0.15) is 0 Å². The Hall–Kier alpha value is -2.01. The Labute approximate surface area is 148 Å². The van der Waals surface area contributed by atoms with Crippen LogP contribution in [0.4, 0.5) is 14.5 Å². The van der Waals surface area contributed by atoms with Gasteiger partial charge in [0.05, 0.1) is 10.2 Å². The molecule has 11 heteroatoms. The van der Waals surface area contributed by atoms with Gasteiger partial charge in [-0.3, -0.25) is 10.2 Å². The molecule has 2 rings (SSSR count). The Morgan fingerprint density at radius 3 is 2.92 bits per heavy atom. The lowest BCUT2D eigenvalue weighted by Crippen LogP contribution is -2.27. The number of halogens is 3. The van der Waals surface area contributed by atoms with Crippen molar-refractivity contribution in [3.63, 3.8) is 0 Å². The van der Waals surface area contributed by atoms with Crippen molar-refractivity contribution in [2.24, 2.45) is 0 Å². The maximum Gasteiger partial charge on any atom is 0.230 e. The number of thioether (sulfide) groups is 1. The molecule has 128 valence electrons. The Bertz CT molecular complexity index is 743. The monoisotopic (exact) mass is 419 g/mol. The van der Waals surface area contributed by atoms with Gasteiger partial charge in [0.25, 0.3) is 0 Å². The van der Waals surface area contributed by atoms with Gasteiger partial charge in [-0.05, 0) is 44.4 Å². The van der Waals surface area contributed by atoms with Gasteiger partial charge in [-0.25, -0.2) is 13.4 Å². The summed E-state index contributed by atoms with van der Waals surface area (Å²) in [5.74, 6) is -0.933. The maximum atomic E-state index is 13.2. The molecule has 0 unspecified atom stereocenters. The number of carbonyl (C=O) groups is 1. The van der Waals surface area contributed by atoms with Crippen LogP contribution in [0.1, 0.15) is 5.69 Å². The van der Waals surface area contributed by atoms with Crippen molar-refractivity contribution in [2.75, 3.05) is 24.3 Å². The molecule has 0 saturated carbocycles. The molecule has 1 aromatic carbocycles. The molecule has 0 saturated heterocycles. The Balaban J connectivity index is 1.99. The second-order valence-electron chi connectivity index (χ2n) is 4.37. The minimum absolute atomic E-state index is 0.0173. The second-order valence-corrected chi connectivity index (χ2v) is 6.19. The van der Waals surface area contributed by atoms with E-state index in [1.54, 1.807) is 0 Å². The third kappa shape index (κ3) is 4.99. The number of carbonyl (C=O) groups excluding carboxylic acids is 1. The van der Waals surface area contributed by atoms with Crippen LogP contribution in [-0.2, 0) is 4.79 Å². The first-order valence-electron chi connectivity index (χ1n) is 6.60. The van der Waals surface area contributed by atoms with Gasteiger partial charge >= 0.3 is 0 Å². The van der Waals surface area contributed by atoms with Crippen LogP contribution < -0.4 is 10.6 Å². The summed E-state index contributed by atoms with van der Waals surface area (Å²) < 4.78 is 30.0. The van der Waals surface area contributed by atoms with E-state index in [-0.39, 0.29) is 39.2 Å². The number of amidine groups is 1. The highest BCUT2D eigenvalue weighted by Crippen LogP contribution is 2.22. The van der Waals surface area contributed by atoms with Crippen LogP contribution in [0.25, 0.3) is 0 Å². The molecular weight excluding hydrogens is 408 g/mol. The van der Waals surface area contributed by atoms with Crippen molar-refractivity contribution in [1.29, 1.82) is 5.41 Å². The summed E-state index contributed by atoms with van der Waals surface area (Å²) in [5.41, 5.74) is 0.576. The van der Waals surface area contributed by atoms with Crippen molar-refractivity contribution in [1.82, 2.24) is 15.6 Å². The molecule has 0 radical (unpaired) electrons. The zero-order valence-corrected chi connectivity index (χ0v) is 14.5. The smallest absolute Gasteiger partial charge is 0.230 e. The van der Waals surface area contributed by atoms with Gasteiger partial charge in [-0.15, -0.1) is 0 Å². The van der Waals surface area contributed by atoms with E-state index in [4.69, 9.17) is 5.41 Å². The molecule has 1 amide bonds. The third-order valence-electron chi connectivity index (χ3n) is 2.64. The highest BCUT2D eigenvalue weighted by Gasteiger charge is 2.17. The molecule has 7 nitrogen and oxygen atoms in total. The molecule has 0 aliphatic rings. The quantitative estimate of drug-likeness (QED) is 0.362. The van der Waals surface area contributed by atoms with Crippen LogP contribution in [0, 0.1) is 11.2 Å². The van der Waals surface area contributed by atoms with Gasteiger partial charge < -0.3 is 10.6 Å². The molecule has 24 heavy (non-hydrogen) atoms. The first-order chi connectivity index (χ1) is 11.5. The van der Waals surface area contributed by atoms with E-state index >= 15 is 0 Å². The van der Waals surface area contributed by atoms with E-state index < -0.39 is 12.5 Å². The first-order valence-corrected chi connectivity index (χ1v) is 8.38. The zero-order chi connectivity index (χ0) is 17.5. The topological polar surface area (TPSA) is 104 Å². The SMILES string of the molecule is N=C(Nc1ccc(F)c(Br)c1)c1nonc1SCC(=O)NCCF. The highest BCUT2D eigenvalue weighted by molar-refractivity contribution is 9.10. The van der Waals surface area contributed by atoms with Gasteiger partial charge in [0.15, 0.2) is 16.6 Å². The summed E-state index contributed by atoms with van der Waals surface area (Å²) in [7, 11) is 0. The number of amides is 1. The lowest BCUT2D eigenvalue weighted by atomic mass is 10.3. The molecule has 0 spiro atoms. The molecule has 3 N–H and O–H groups in total. The van der Waals surface area contributed by atoms with E-state index in [2.05, 4.69) is 41.5 Å². The number of alkyl halides is 1. The number of hydrogen-bond donors (Lipinski definition) is 3. The van der Waals surface area contributed by atoms with Crippen LogP contribution in [0.15, 0.2) is 32.3 Å². The Morgan fingerprint density at radius 1 is 1.42 bits per heavy atom. The van der Waals surface area contributed by atoms with Crippen molar-refractivity contribution >= 4 is 45.1 Å². The van der Waals surface area contributed by atoms with E-state index in [1.807, 2.05) is 0 Å². The van der Waals surface area contributed by atoms with Crippen LogP contribution in [0.2, 0.25) is 0 Å². The third-order valence-corrected chi connectivity index (χ3v) is 4.20. The summed E-state index contributed by atoms with van der Waals surface area (Å²) in [6.07, 6.45) is 0. The number of aromatic nitrogens is 2. The molecule has 1 aromatic heterocycles. The molecule has 0 fully saturated rings. The molecule has 0 bridgehead atoms. The minimum Gasteiger partial charge on any atom is -0.353 e. The van der Waals surface area contributed by atoms with Gasteiger partial charge in [0.2, 0.25) is 5.91 Å². The van der Waals surface area contributed by atoms with Crippen molar-refractivity contribution in [3.8, 4) is 0 Å². The predicted octanol–water partition coefficient (Wildman–Crippen LogP) is 2.59. The lowest BCUT2D eigenvalue weighted by molar-refractivity contribution is -0.118. The Kier molecular flexibility index (Phi) is 6.67. The van der Waals surface area contributed by atoms with Crippen molar-refractivity contribution in [2.45, 2.75) is 5.03 Å². The zero-order valence-electron chi connectivity index (χ0n) is 12.1. The number of anilines is 1. The van der Waals surface area contributed by atoms with Crippen molar-refractivity contribution < 1.29 is 18.2 Å². The Morgan fingerprint density at radius 2 is 2.21 bits per heavy atom. The number of nitrogens with one attached hydrogen (secondary N) is 3. The molecule has 2 aromatic rings. The normalized spacial score (nSPS) is 10.5. The molecule has 0 aliphatic carbocycles. The number of nitrogens with zero attached hydrogens (tertiary/aromatic N) is 2. The number of benzene rings is 1. The predicted molar refractivity (Wildman–Crippen MR) is 88.6 cm³/mol. The largest absolute Gasteiger partial charge is 0.353 e. The van der Waals surface area contributed by atoms with Crippen LogP contribution in [-0.4, -0.2) is 41.0 Å². The lowest BCUT2D eigenvalue weighted by Gasteiger charge is -2.07. The average Bonchev–Trinajstić information content (AvgIpc) is 3.03. The summed E-state index contributed by atoms with van der Waals surface area (Å²) in [6.45, 7) is -0.699. The van der Waals surface area contributed by atoms with Crippen molar-refractivity contribution in [3.05, 3.63) is 34.2 Å². The average molecular weight is 420 g/mol. The van der Waals surface area contributed by atoms with Crippen LogP contribution in [0.3, 0.4) is 0 Å². The van der Waals surface area contributed by atoms with Gasteiger partial charge in [0, 0.05) is 12.2 Å². The fraction of sp³-hybridized carbons (Fsp3) is 0.231. The van der Waals surface area contributed by atoms with E-state index in [0.29, 0.717) is 5.69 Å². The van der Waals surface area contributed by atoms with E-state index in [1.165, 1.54) is 18.2 Å². The second kappa shape index (κ2) is 8.73. The molecular formula is C13H12BrF2N5O2S. The van der Waals surface area contributed by atoms with Crippen LogP contribution >= 0.6 is 27.7 Å². The summed E-state index contributed by atoms with van der Waals surface area (Å²) in [4.78, 5) is 11.5. The van der Waals surface area contributed by atoms with Gasteiger partial charge in [0.1, 0.15) is 12.5 Å². The summed E-state index contributed by atoms with van der Waals surface area (Å²) in [6, 6.07) is 4.17. The summed E-state index contributed by atoms with van der Waals surface area (Å²) >= 11 is 4.06. The number of hydrogen-bond acceptors (Lipinski definition) is 6. The number of rotatable bonds is 7. The van der Waals surface area contributed by atoms with Gasteiger partial charge in [-0.1, -0.05) is 11.8 Å². The summed E-state index contributed by atoms with van der Waals surface area (Å²) in [5, 5.41) is 20.6. The highest BCUT2D eigenvalue weighted by atomic mass is 79.9. The standard InChI is InChI=1S/C13H12BrF2N5O2S/c14-8-5-7(1-2-9(8)16)19-12(17)11-13(21-23-20-11)24-6-10(22)18-4-3-15/h1-2,5H,3-4,6H2,(H2,17,19)(H,18,22). The molecule has 0 aliphatic heterocycles. The first kappa shape index (κ1) is 18.3. The fourth-order valence-electron chi connectivity index (χ4n) is 1.58. The minimum atomic E-state index is -0.644. The van der Waals surface area contributed by atoms with Crippen LogP contribution in [0.5, 0.6) is 0 Å². The molecule has 1 heterocycles. The van der Waals surface area contributed by atoms with E-state index in [0.717, 1.165) is 11.8 Å². The fourth-order valence-corrected chi connectivity index (χ4v) is 2.69. The maximum absolute atomic E-state index is 13.2.